The van der Waals surface area contributed by atoms with Crippen LogP contribution >= 0.6 is 11.6 Å². The van der Waals surface area contributed by atoms with E-state index in [4.69, 9.17) is 11.6 Å². The van der Waals surface area contributed by atoms with Crippen LogP contribution in [0.15, 0.2) is 24.4 Å². The van der Waals surface area contributed by atoms with Crippen molar-refractivity contribution in [3.8, 4) is 0 Å². The average Bonchev–Trinajstić information content (AvgIpc) is 2.87. The highest BCUT2D eigenvalue weighted by atomic mass is 35.5. The first kappa shape index (κ1) is 14.5. The van der Waals surface area contributed by atoms with E-state index >= 15 is 0 Å². The first-order chi connectivity index (χ1) is 9.36. The Hall–Kier alpha value is -1.88. The monoisotopic (exact) mass is 292 g/mol. The van der Waals surface area contributed by atoms with Crippen molar-refractivity contribution in [2.45, 2.75) is 32.7 Å². The number of hydrogen-bond donors (Lipinski definition) is 2. The van der Waals surface area contributed by atoms with Crippen molar-refractivity contribution in [3.05, 3.63) is 46.5 Å². The summed E-state index contributed by atoms with van der Waals surface area (Å²) in [6.45, 7) is 6.47. The molecule has 1 amide bonds. The van der Waals surface area contributed by atoms with E-state index < -0.39 is 0 Å². The van der Waals surface area contributed by atoms with Crippen molar-refractivity contribution in [1.29, 1.82) is 0 Å². The number of carbonyl (C=O) groups excluding carboxylic acids is 1. The summed E-state index contributed by atoms with van der Waals surface area (Å²) in [5.41, 5.74) is 1.98. The fraction of sp³-hybridized carbons (Fsp3) is 0.357. The fourth-order valence-electron chi connectivity index (χ4n) is 1.67. The Morgan fingerprint density at radius 3 is 2.75 bits per heavy atom. The Kier molecular flexibility index (Phi) is 4.09. The predicted octanol–water partition coefficient (Wildman–Crippen LogP) is 2.69. The predicted molar refractivity (Wildman–Crippen MR) is 77.7 cm³/mol. The molecule has 2 N–H and O–H groups in total. The summed E-state index contributed by atoms with van der Waals surface area (Å²) in [6.07, 6.45) is 1.64. The van der Waals surface area contributed by atoms with E-state index in [0.29, 0.717) is 17.3 Å². The number of carbonyl (C=O) groups is 1. The van der Waals surface area contributed by atoms with Crippen molar-refractivity contribution in [3.63, 3.8) is 0 Å². The quantitative estimate of drug-likeness (QED) is 0.855. The Morgan fingerprint density at radius 2 is 2.15 bits per heavy atom. The largest absolute Gasteiger partial charge is 0.346 e. The van der Waals surface area contributed by atoms with Crippen molar-refractivity contribution >= 4 is 17.5 Å². The van der Waals surface area contributed by atoms with Gasteiger partial charge in [-0.15, -0.1) is 0 Å². The molecule has 2 aromatic heterocycles. The van der Waals surface area contributed by atoms with Gasteiger partial charge in [-0.3, -0.25) is 9.89 Å². The van der Waals surface area contributed by atoms with Crippen LogP contribution < -0.4 is 5.32 Å². The molecule has 2 rings (SSSR count). The molecule has 6 heteroatoms. The summed E-state index contributed by atoms with van der Waals surface area (Å²) >= 11 is 5.99. The minimum absolute atomic E-state index is 0.163. The number of H-pyrrole nitrogens is 1. The molecular weight excluding hydrogens is 276 g/mol. The maximum atomic E-state index is 12.1. The van der Waals surface area contributed by atoms with Crippen LogP contribution in [0.5, 0.6) is 0 Å². The molecule has 2 heterocycles. The van der Waals surface area contributed by atoms with Crippen molar-refractivity contribution in [2.24, 2.45) is 0 Å². The SMILES string of the molecule is CC(C)(C)c1cc(C(=O)NCc2ccn[nH]2)cc(Cl)n1. The van der Waals surface area contributed by atoms with Crippen molar-refractivity contribution in [1.82, 2.24) is 20.5 Å². The number of nitrogens with one attached hydrogen (secondary N) is 2. The molecule has 0 aliphatic heterocycles. The van der Waals surface area contributed by atoms with Crippen LogP contribution in [-0.4, -0.2) is 21.1 Å². The summed E-state index contributed by atoms with van der Waals surface area (Å²) in [5, 5.41) is 9.75. The zero-order chi connectivity index (χ0) is 14.8. The Labute approximate surface area is 122 Å². The number of halogens is 1. The third-order valence-electron chi connectivity index (χ3n) is 2.82. The van der Waals surface area contributed by atoms with Gasteiger partial charge in [-0.2, -0.15) is 5.10 Å². The summed E-state index contributed by atoms with van der Waals surface area (Å²) < 4.78 is 0. The number of aromatic amines is 1. The number of pyridine rings is 1. The van der Waals surface area contributed by atoms with Crippen LogP contribution in [0.2, 0.25) is 5.15 Å². The molecule has 20 heavy (non-hydrogen) atoms. The smallest absolute Gasteiger partial charge is 0.251 e. The van der Waals surface area contributed by atoms with E-state index in [9.17, 15) is 4.79 Å². The van der Waals surface area contributed by atoms with Crippen molar-refractivity contribution < 1.29 is 4.79 Å². The van der Waals surface area contributed by atoms with Crippen LogP contribution in [-0.2, 0) is 12.0 Å². The zero-order valence-corrected chi connectivity index (χ0v) is 12.5. The average molecular weight is 293 g/mol. The van der Waals surface area contributed by atoms with Gasteiger partial charge in [0.25, 0.3) is 5.91 Å². The lowest BCUT2D eigenvalue weighted by atomic mass is 9.91. The molecular formula is C14H17ClN4O. The van der Waals surface area contributed by atoms with E-state index in [1.807, 2.05) is 20.8 Å². The third-order valence-corrected chi connectivity index (χ3v) is 3.02. The maximum Gasteiger partial charge on any atom is 0.251 e. The minimum atomic E-state index is -0.186. The Bertz CT molecular complexity index is 602. The van der Waals surface area contributed by atoms with E-state index in [1.165, 1.54) is 0 Å². The topological polar surface area (TPSA) is 70.7 Å². The van der Waals surface area contributed by atoms with Crippen LogP contribution in [0.3, 0.4) is 0 Å². The van der Waals surface area contributed by atoms with Gasteiger partial charge in [0, 0.05) is 22.9 Å². The number of amides is 1. The lowest BCUT2D eigenvalue weighted by Gasteiger charge is -2.18. The van der Waals surface area contributed by atoms with Gasteiger partial charge in [0.2, 0.25) is 0 Å². The van der Waals surface area contributed by atoms with Gasteiger partial charge in [0.05, 0.1) is 12.2 Å². The van der Waals surface area contributed by atoms with Crippen LogP contribution in [0.4, 0.5) is 0 Å². The summed E-state index contributed by atoms with van der Waals surface area (Å²) in [6, 6.07) is 5.15. The summed E-state index contributed by atoms with van der Waals surface area (Å²) in [7, 11) is 0. The standard InChI is InChI=1S/C14H17ClN4O/c1-14(2,3)11-6-9(7-12(15)18-11)13(20)16-8-10-4-5-17-19-10/h4-7H,8H2,1-3H3,(H,16,20)(H,17,19). The first-order valence-electron chi connectivity index (χ1n) is 6.31. The lowest BCUT2D eigenvalue weighted by Crippen LogP contribution is -2.24. The van der Waals surface area contributed by atoms with Crippen LogP contribution in [0.1, 0.15) is 42.5 Å². The van der Waals surface area contributed by atoms with Crippen molar-refractivity contribution in [2.75, 3.05) is 0 Å². The molecule has 0 unspecified atom stereocenters. The van der Waals surface area contributed by atoms with Crippen LogP contribution in [0.25, 0.3) is 0 Å². The van der Waals surface area contributed by atoms with Gasteiger partial charge in [-0.05, 0) is 18.2 Å². The second kappa shape index (κ2) is 5.63. The molecule has 0 saturated carbocycles. The van der Waals surface area contributed by atoms with Gasteiger partial charge >= 0.3 is 0 Å². The lowest BCUT2D eigenvalue weighted by molar-refractivity contribution is 0.0950. The molecule has 106 valence electrons. The minimum Gasteiger partial charge on any atom is -0.346 e. The molecule has 0 aliphatic rings. The summed E-state index contributed by atoms with van der Waals surface area (Å²) in [4.78, 5) is 16.4. The van der Waals surface area contributed by atoms with Crippen LogP contribution in [0, 0.1) is 0 Å². The highest BCUT2D eigenvalue weighted by Gasteiger charge is 2.18. The van der Waals surface area contributed by atoms with E-state index in [2.05, 4.69) is 20.5 Å². The third kappa shape index (κ3) is 3.57. The zero-order valence-electron chi connectivity index (χ0n) is 11.7. The molecule has 0 bridgehead atoms. The number of aromatic nitrogens is 3. The Morgan fingerprint density at radius 1 is 1.40 bits per heavy atom. The second-order valence-electron chi connectivity index (χ2n) is 5.58. The molecule has 0 radical (unpaired) electrons. The number of hydrogen-bond acceptors (Lipinski definition) is 3. The molecule has 0 spiro atoms. The molecule has 0 saturated heterocycles. The Balaban J connectivity index is 2.15. The maximum absolute atomic E-state index is 12.1. The summed E-state index contributed by atoms with van der Waals surface area (Å²) in [5.74, 6) is -0.186. The van der Waals surface area contributed by atoms with Gasteiger partial charge in [0.15, 0.2) is 0 Å². The molecule has 0 atom stereocenters. The van der Waals surface area contributed by atoms with E-state index in [-0.39, 0.29) is 11.3 Å². The van der Waals surface area contributed by atoms with E-state index in [0.717, 1.165) is 11.4 Å². The number of nitrogens with zero attached hydrogens (tertiary/aromatic N) is 2. The highest BCUT2D eigenvalue weighted by molar-refractivity contribution is 6.29. The first-order valence-corrected chi connectivity index (χ1v) is 6.68. The molecule has 0 aromatic carbocycles. The molecule has 0 aliphatic carbocycles. The molecule has 2 aromatic rings. The van der Waals surface area contributed by atoms with Gasteiger partial charge < -0.3 is 5.32 Å². The van der Waals surface area contributed by atoms with Gasteiger partial charge in [0.1, 0.15) is 5.15 Å². The fourth-order valence-corrected chi connectivity index (χ4v) is 1.88. The molecule has 0 fully saturated rings. The second-order valence-corrected chi connectivity index (χ2v) is 5.97. The van der Waals surface area contributed by atoms with E-state index in [1.54, 1.807) is 24.4 Å². The highest BCUT2D eigenvalue weighted by Crippen LogP contribution is 2.23. The number of rotatable bonds is 3. The molecule has 5 nitrogen and oxygen atoms in total. The normalized spacial score (nSPS) is 11.4. The van der Waals surface area contributed by atoms with Gasteiger partial charge in [-0.1, -0.05) is 32.4 Å². The van der Waals surface area contributed by atoms with Gasteiger partial charge in [-0.25, -0.2) is 4.98 Å².